The summed E-state index contributed by atoms with van der Waals surface area (Å²) in [5, 5.41) is 0. The summed E-state index contributed by atoms with van der Waals surface area (Å²) in [5.74, 6) is 2.54. The van der Waals surface area contributed by atoms with Crippen LogP contribution >= 0.6 is 0 Å². The van der Waals surface area contributed by atoms with Crippen molar-refractivity contribution in [1.29, 1.82) is 0 Å². The molecule has 0 saturated heterocycles. The lowest BCUT2D eigenvalue weighted by Crippen LogP contribution is -2.23. The van der Waals surface area contributed by atoms with E-state index in [9.17, 15) is 0 Å². The van der Waals surface area contributed by atoms with E-state index in [1.165, 1.54) is 31.2 Å². The second-order valence-corrected chi connectivity index (χ2v) is 5.89. The van der Waals surface area contributed by atoms with Gasteiger partial charge in [0.2, 0.25) is 0 Å². The molecular formula is C19H25. The van der Waals surface area contributed by atoms with Crippen LogP contribution in [0.2, 0.25) is 0 Å². The molecule has 0 spiro atoms. The topological polar surface area (TPSA) is 0 Å². The predicted molar refractivity (Wildman–Crippen MR) is 82.9 cm³/mol. The second-order valence-electron chi connectivity index (χ2n) is 5.89. The third-order valence-corrected chi connectivity index (χ3v) is 4.89. The average molecular weight is 253 g/mol. The number of hydrogen-bond acceptors (Lipinski definition) is 0. The molecule has 1 fully saturated rings. The van der Waals surface area contributed by atoms with Gasteiger partial charge in [-0.25, -0.2) is 0 Å². The highest BCUT2D eigenvalue weighted by Gasteiger charge is 2.28. The van der Waals surface area contributed by atoms with Crippen LogP contribution < -0.4 is 0 Å². The molecule has 0 aliphatic heterocycles. The van der Waals surface area contributed by atoms with Crippen LogP contribution in [0.1, 0.15) is 44.1 Å². The van der Waals surface area contributed by atoms with Gasteiger partial charge in [0.05, 0.1) is 0 Å². The number of allylic oxidation sites excluding steroid dienone is 2. The summed E-state index contributed by atoms with van der Waals surface area (Å²) in [6.45, 7) is 11.9. The molecule has 101 valence electrons. The molecule has 1 aromatic rings. The van der Waals surface area contributed by atoms with Gasteiger partial charge in [0.25, 0.3) is 0 Å². The summed E-state index contributed by atoms with van der Waals surface area (Å²) in [7, 11) is 0. The highest BCUT2D eigenvalue weighted by molar-refractivity contribution is 5.20. The third kappa shape index (κ3) is 3.37. The molecule has 1 aliphatic carbocycles. The van der Waals surface area contributed by atoms with Crippen molar-refractivity contribution in [3.8, 4) is 0 Å². The summed E-state index contributed by atoms with van der Waals surface area (Å²) in [4.78, 5) is 0. The molecule has 2 rings (SSSR count). The fourth-order valence-electron chi connectivity index (χ4n) is 3.49. The molecule has 0 bridgehead atoms. The molecule has 1 aliphatic rings. The lowest BCUT2D eigenvalue weighted by Gasteiger charge is -2.34. The Kier molecular flexibility index (Phi) is 5.01. The maximum absolute atomic E-state index is 5.71. The lowest BCUT2D eigenvalue weighted by molar-refractivity contribution is 0.223. The van der Waals surface area contributed by atoms with E-state index in [2.05, 4.69) is 43.8 Å². The van der Waals surface area contributed by atoms with Crippen molar-refractivity contribution in [3.63, 3.8) is 0 Å². The van der Waals surface area contributed by atoms with Gasteiger partial charge in [-0.3, -0.25) is 0 Å². The van der Waals surface area contributed by atoms with Crippen LogP contribution in [0, 0.1) is 24.3 Å². The van der Waals surface area contributed by atoms with Crippen molar-refractivity contribution in [2.75, 3.05) is 0 Å². The zero-order chi connectivity index (χ0) is 13.7. The summed E-state index contributed by atoms with van der Waals surface area (Å²) < 4.78 is 0. The average Bonchev–Trinajstić information content (AvgIpc) is 2.49. The minimum Gasteiger partial charge on any atom is -0.102 e. The smallest absolute Gasteiger partial charge is 0.00247 e. The van der Waals surface area contributed by atoms with E-state index < -0.39 is 0 Å². The van der Waals surface area contributed by atoms with Crippen LogP contribution in [0.25, 0.3) is 0 Å². The van der Waals surface area contributed by atoms with Gasteiger partial charge in [0, 0.05) is 0 Å². The Morgan fingerprint density at radius 2 is 1.79 bits per heavy atom. The number of hydrogen-bond donors (Lipinski definition) is 0. The van der Waals surface area contributed by atoms with E-state index in [0.29, 0.717) is 11.8 Å². The first-order valence-corrected chi connectivity index (χ1v) is 7.48. The quantitative estimate of drug-likeness (QED) is 0.617. The van der Waals surface area contributed by atoms with E-state index in [-0.39, 0.29) is 0 Å². The van der Waals surface area contributed by atoms with Crippen LogP contribution in [0.15, 0.2) is 49.1 Å². The number of benzene rings is 1. The zero-order valence-corrected chi connectivity index (χ0v) is 12.0. The summed E-state index contributed by atoms with van der Waals surface area (Å²) in [6.07, 6.45) is 9.06. The van der Waals surface area contributed by atoms with Crippen molar-refractivity contribution < 1.29 is 0 Å². The monoisotopic (exact) mass is 253 g/mol. The SMILES string of the molecule is [CH]=CC(C=C)C(C)C1CCC(c2ccccc2)CC1. The maximum Gasteiger partial charge on any atom is -0.00247 e. The maximum atomic E-state index is 5.71. The van der Waals surface area contributed by atoms with E-state index in [4.69, 9.17) is 6.58 Å². The Hall–Kier alpha value is -1.30. The number of rotatable bonds is 5. The fourth-order valence-corrected chi connectivity index (χ4v) is 3.49. The van der Waals surface area contributed by atoms with Gasteiger partial charge < -0.3 is 0 Å². The van der Waals surface area contributed by atoms with E-state index in [0.717, 1.165) is 11.8 Å². The molecule has 19 heavy (non-hydrogen) atoms. The Morgan fingerprint density at radius 1 is 1.16 bits per heavy atom. The van der Waals surface area contributed by atoms with Crippen molar-refractivity contribution >= 4 is 0 Å². The van der Waals surface area contributed by atoms with Gasteiger partial charge in [-0.05, 0) is 54.9 Å². The molecule has 0 amide bonds. The van der Waals surface area contributed by atoms with Crippen molar-refractivity contribution in [3.05, 3.63) is 61.2 Å². The zero-order valence-electron chi connectivity index (χ0n) is 12.0. The van der Waals surface area contributed by atoms with Gasteiger partial charge in [0.15, 0.2) is 0 Å². The molecule has 2 atom stereocenters. The predicted octanol–water partition coefficient (Wildman–Crippen LogP) is 5.39. The Labute approximate surface area is 118 Å². The highest BCUT2D eigenvalue weighted by atomic mass is 14.3. The van der Waals surface area contributed by atoms with Crippen LogP contribution in [0.3, 0.4) is 0 Å². The Bertz CT molecular complexity index is 387. The molecule has 1 saturated carbocycles. The molecular weight excluding hydrogens is 228 g/mol. The minimum atomic E-state index is 0.360. The molecule has 0 aromatic heterocycles. The van der Waals surface area contributed by atoms with Crippen LogP contribution in [0.4, 0.5) is 0 Å². The van der Waals surface area contributed by atoms with Gasteiger partial charge in [0.1, 0.15) is 0 Å². The first kappa shape index (κ1) is 14.1. The molecule has 0 nitrogen and oxygen atoms in total. The largest absolute Gasteiger partial charge is 0.102 e. The summed E-state index contributed by atoms with van der Waals surface area (Å²) in [6, 6.07) is 11.0. The second kappa shape index (κ2) is 6.75. The van der Waals surface area contributed by atoms with Crippen LogP contribution in [-0.2, 0) is 0 Å². The van der Waals surface area contributed by atoms with E-state index in [1.54, 1.807) is 6.08 Å². The van der Waals surface area contributed by atoms with Gasteiger partial charge >= 0.3 is 0 Å². The minimum absolute atomic E-state index is 0.360. The van der Waals surface area contributed by atoms with Crippen LogP contribution in [0.5, 0.6) is 0 Å². The van der Waals surface area contributed by atoms with E-state index >= 15 is 0 Å². The lowest BCUT2D eigenvalue weighted by atomic mass is 9.71. The van der Waals surface area contributed by atoms with Gasteiger partial charge in [-0.2, -0.15) is 0 Å². The first-order chi connectivity index (χ1) is 9.26. The standard InChI is InChI=1S/C19H25/c1-4-16(5-2)15(3)17-11-13-19(14-12-17)18-9-7-6-8-10-18/h1,4-10,15-17,19H,2,11-14H2,3H3. The third-order valence-electron chi connectivity index (χ3n) is 4.89. The summed E-state index contributed by atoms with van der Waals surface area (Å²) in [5.41, 5.74) is 1.51. The normalized spacial score (nSPS) is 26.4. The Morgan fingerprint density at radius 3 is 2.32 bits per heavy atom. The molecule has 0 N–H and O–H groups in total. The summed E-state index contributed by atoms with van der Waals surface area (Å²) >= 11 is 0. The fraction of sp³-hybridized carbons (Fsp3) is 0.474. The highest BCUT2D eigenvalue weighted by Crippen LogP contribution is 2.40. The van der Waals surface area contributed by atoms with Crippen LogP contribution in [-0.4, -0.2) is 0 Å². The molecule has 1 radical (unpaired) electrons. The first-order valence-electron chi connectivity index (χ1n) is 7.48. The Balaban J connectivity index is 1.92. The van der Waals surface area contributed by atoms with Crippen molar-refractivity contribution in [2.45, 2.75) is 38.5 Å². The molecule has 2 unspecified atom stereocenters. The molecule has 1 aromatic carbocycles. The van der Waals surface area contributed by atoms with Crippen molar-refractivity contribution in [2.24, 2.45) is 17.8 Å². The van der Waals surface area contributed by atoms with E-state index in [1.807, 2.05) is 6.08 Å². The van der Waals surface area contributed by atoms with Crippen molar-refractivity contribution in [1.82, 2.24) is 0 Å². The van der Waals surface area contributed by atoms with Gasteiger partial charge in [-0.1, -0.05) is 56.0 Å². The molecule has 0 heteroatoms. The van der Waals surface area contributed by atoms with Gasteiger partial charge in [-0.15, -0.1) is 6.58 Å². The molecule has 0 heterocycles.